The Morgan fingerprint density at radius 3 is 1.38 bits per heavy atom. The molecule has 1 nitrogen and oxygen atoms in total. The van der Waals surface area contributed by atoms with E-state index in [2.05, 4.69) is 92.3 Å². The van der Waals surface area contributed by atoms with Gasteiger partial charge in [-0.1, -0.05) is 67.9 Å². The smallest absolute Gasteiger partial charge is 0.227 e. The lowest BCUT2D eigenvalue weighted by atomic mass is 10.3. The summed E-state index contributed by atoms with van der Waals surface area (Å²) in [6, 6.07) is 31.6. The molecule has 0 saturated carbocycles. The van der Waals surface area contributed by atoms with Crippen molar-refractivity contribution in [2.75, 3.05) is 0 Å². The van der Waals surface area contributed by atoms with E-state index in [-0.39, 0.29) is 10.8 Å². The van der Waals surface area contributed by atoms with E-state index in [1.165, 1.54) is 15.9 Å². The normalized spacial score (nSPS) is 12.5. The highest BCUT2D eigenvalue weighted by molar-refractivity contribution is 8.02. The summed E-state index contributed by atoms with van der Waals surface area (Å²) in [5.41, 5.74) is -0.136. The van der Waals surface area contributed by atoms with Crippen molar-refractivity contribution in [3.05, 3.63) is 91.0 Å². The molecular formula is C23H24OPS+. The fraction of sp³-hybridized carbons (Fsp3) is 0.174. The van der Waals surface area contributed by atoms with E-state index in [0.717, 1.165) is 12.8 Å². The Labute approximate surface area is 162 Å². The van der Waals surface area contributed by atoms with Crippen LogP contribution in [-0.4, -0.2) is 10.8 Å². The molecule has 0 aliphatic rings. The molecule has 0 saturated heterocycles. The lowest BCUT2D eigenvalue weighted by molar-refractivity contribution is -0.110. The largest absolute Gasteiger partial charge is 0.283 e. The Morgan fingerprint density at radius 2 is 1.12 bits per heavy atom. The molecule has 3 heteroatoms. The quantitative estimate of drug-likeness (QED) is 0.469. The van der Waals surface area contributed by atoms with Crippen molar-refractivity contribution >= 4 is 40.9 Å². The molecule has 0 spiro atoms. The molecular weight excluding hydrogens is 355 g/mol. The Kier molecular flexibility index (Phi) is 6.29. The third kappa shape index (κ3) is 3.49. The van der Waals surface area contributed by atoms with Crippen LogP contribution < -0.4 is 15.9 Å². The highest BCUT2D eigenvalue weighted by Crippen LogP contribution is 2.61. The predicted octanol–water partition coefficient (Wildman–Crippen LogP) is 4.61. The lowest BCUT2D eigenvalue weighted by Gasteiger charge is -2.33. The van der Waals surface area contributed by atoms with Gasteiger partial charge in [-0.15, -0.1) is 12.6 Å². The number of carbonyl (C=O) groups is 1. The number of hydrogen-bond donors (Lipinski definition) is 1. The topological polar surface area (TPSA) is 17.1 Å². The molecule has 3 aromatic carbocycles. The van der Waals surface area contributed by atoms with Crippen LogP contribution in [0.3, 0.4) is 0 Å². The maximum Gasteiger partial charge on any atom is 0.227 e. The zero-order valence-electron chi connectivity index (χ0n) is 15.0. The summed E-state index contributed by atoms with van der Waals surface area (Å²) < 4.78 is 0. The van der Waals surface area contributed by atoms with Crippen LogP contribution in [0.25, 0.3) is 0 Å². The average molecular weight is 379 g/mol. The van der Waals surface area contributed by atoms with Crippen LogP contribution in [-0.2, 0) is 4.79 Å². The first-order valence-corrected chi connectivity index (χ1v) is 11.3. The summed E-state index contributed by atoms with van der Waals surface area (Å²) in [5.74, 6) is 0. The Bertz CT molecular complexity index is 737. The van der Waals surface area contributed by atoms with Crippen molar-refractivity contribution in [1.82, 2.24) is 0 Å². The van der Waals surface area contributed by atoms with Crippen LogP contribution in [0.15, 0.2) is 91.0 Å². The molecule has 3 rings (SSSR count). The van der Waals surface area contributed by atoms with E-state index in [1.807, 2.05) is 18.2 Å². The van der Waals surface area contributed by atoms with Gasteiger partial charge in [0.25, 0.3) is 0 Å². The standard InChI is InChI=1S/C23H23OPS/c1-2-12-22(23(24)26)25(19-13-6-3-7-14-19,20-15-8-4-9-16-20)21-17-10-5-11-18-21/h3-11,13-18,22H,2,12H2,1H3/p+1. The van der Waals surface area contributed by atoms with Crippen LogP contribution >= 0.6 is 19.9 Å². The van der Waals surface area contributed by atoms with Gasteiger partial charge in [0, 0.05) is 0 Å². The number of thiol groups is 1. The van der Waals surface area contributed by atoms with Crippen molar-refractivity contribution in [3.63, 3.8) is 0 Å². The molecule has 0 fully saturated rings. The summed E-state index contributed by atoms with van der Waals surface area (Å²) in [6.45, 7) is 2.14. The zero-order chi connectivity index (χ0) is 18.4. The second-order valence-electron chi connectivity index (χ2n) is 6.37. The van der Waals surface area contributed by atoms with Gasteiger partial charge in [0.15, 0.2) is 5.66 Å². The number of rotatable bonds is 7. The third-order valence-electron chi connectivity index (χ3n) is 4.81. The molecule has 0 bridgehead atoms. The summed E-state index contributed by atoms with van der Waals surface area (Å²) in [7, 11) is -2.16. The fourth-order valence-electron chi connectivity index (χ4n) is 3.73. The first kappa shape index (κ1) is 18.9. The monoisotopic (exact) mass is 379 g/mol. The van der Waals surface area contributed by atoms with Gasteiger partial charge in [0.2, 0.25) is 5.12 Å². The lowest BCUT2D eigenvalue weighted by Crippen LogP contribution is -2.41. The maximum absolute atomic E-state index is 12.8. The van der Waals surface area contributed by atoms with Crippen LogP contribution in [0.4, 0.5) is 0 Å². The number of benzene rings is 3. The average Bonchev–Trinajstić information content (AvgIpc) is 2.70. The highest BCUT2D eigenvalue weighted by atomic mass is 32.1. The molecule has 3 aromatic rings. The van der Waals surface area contributed by atoms with Gasteiger partial charge in [0.05, 0.1) is 0 Å². The van der Waals surface area contributed by atoms with Gasteiger partial charge in [-0.05, 0) is 42.8 Å². The second kappa shape index (κ2) is 8.66. The highest BCUT2D eigenvalue weighted by Gasteiger charge is 2.54. The maximum atomic E-state index is 12.8. The van der Waals surface area contributed by atoms with Crippen LogP contribution in [0.5, 0.6) is 0 Å². The zero-order valence-corrected chi connectivity index (χ0v) is 16.7. The molecule has 0 N–H and O–H groups in total. The molecule has 132 valence electrons. The minimum atomic E-state index is -2.16. The van der Waals surface area contributed by atoms with E-state index in [0.29, 0.717) is 0 Å². The molecule has 0 heterocycles. The first-order chi connectivity index (χ1) is 12.7. The second-order valence-corrected chi connectivity index (χ2v) is 10.4. The van der Waals surface area contributed by atoms with Crippen LogP contribution in [0.1, 0.15) is 19.8 Å². The van der Waals surface area contributed by atoms with Crippen molar-refractivity contribution in [3.8, 4) is 0 Å². The van der Waals surface area contributed by atoms with Crippen molar-refractivity contribution in [2.45, 2.75) is 25.4 Å². The molecule has 26 heavy (non-hydrogen) atoms. The molecule has 0 aliphatic carbocycles. The molecule has 0 amide bonds. The summed E-state index contributed by atoms with van der Waals surface area (Å²) in [5, 5.41) is 3.69. The Balaban J connectivity index is 2.40. The van der Waals surface area contributed by atoms with E-state index in [1.54, 1.807) is 0 Å². The van der Waals surface area contributed by atoms with E-state index in [4.69, 9.17) is 0 Å². The van der Waals surface area contributed by atoms with Gasteiger partial charge in [-0.25, -0.2) is 0 Å². The van der Waals surface area contributed by atoms with E-state index < -0.39 is 7.26 Å². The Morgan fingerprint density at radius 1 is 0.769 bits per heavy atom. The van der Waals surface area contributed by atoms with Crippen molar-refractivity contribution in [1.29, 1.82) is 0 Å². The first-order valence-electron chi connectivity index (χ1n) is 8.99. The van der Waals surface area contributed by atoms with Gasteiger partial charge < -0.3 is 0 Å². The molecule has 0 aliphatic heterocycles. The van der Waals surface area contributed by atoms with Crippen LogP contribution in [0.2, 0.25) is 0 Å². The number of carbonyl (C=O) groups excluding carboxylic acids is 1. The predicted molar refractivity (Wildman–Crippen MR) is 118 cm³/mol. The minimum absolute atomic E-state index is 0.0169. The fourth-order valence-corrected chi connectivity index (χ4v) is 9.26. The molecule has 1 unspecified atom stereocenters. The van der Waals surface area contributed by atoms with Gasteiger partial charge in [-0.3, -0.25) is 4.79 Å². The molecule has 1 atom stereocenters. The summed E-state index contributed by atoms with van der Waals surface area (Å²) >= 11 is 4.36. The van der Waals surface area contributed by atoms with Gasteiger partial charge in [-0.2, -0.15) is 0 Å². The van der Waals surface area contributed by atoms with Crippen molar-refractivity contribution < 1.29 is 4.79 Å². The summed E-state index contributed by atoms with van der Waals surface area (Å²) in [6.07, 6.45) is 1.78. The van der Waals surface area contributed by atoms with E-state index >= 15 is 0 Å². The third-order valence-corrected chi connectivity index (χ3v) is 10.1. The SMILES string of the molecule is CCCC(C(=O)S)[P+](c1ccccc1)(c1ccccc1)c1ccccc1. The molecule has 0 aromatic heterocycles. The van der Waals surface area contributed by atoms with Gasteiger partial charge >= 0.3 is 0 Å². The van der Waals surface area contributed by atoms with E-state index in [9.17, 15) is 4.79 Å². The van der Waals surface area contributed by atoms with Gasteiger partial charge in [0.1, 0.15) is 23.2 Å². The summed E-state index contributed by atoms with van der Waals surface area (Å²) in [4.78, 5) is 12.8. The minimum Gasteiger partial charge on any atom is -0.283 e. The van der Waals surface area contributed by atoms with Crippen molar-refractivity contribution in [2.24, 2.45) is 0 Å². The van der Waals surface area contributed by atoms with Crippen LogP contribution in [0, 0.1) is 0 Å². The Hall–Kier alpha value is -1.89. The number of hydrogen-bond acceptors (Lipinski definition) is 1. The molecule has 0 radical (unpaired) electrons.